The molecule has 0 bridgehead atoms. The van der Waals surface area contributed by atoms with Crippen molar-refractivity contribution in [3.05, 3.63) is 29.5 Å². The lowest BCUT2D eigenvalue weighted by atomic mass is 9.93. The van der Waals surface area contributed by atoms with Crippen LogP contribution in [0.15, 0.2) is 18.3 Å². The van der Waals surface area contributed by atoms with Crippen LogP contribution in [0.4, 0.5) is 0 Å². The molecule has 0 aliphatic rings. The van der Waals surface area contributed by atoms with Gasteiger partial charge in [0, 0.05) is 22.6 Å². The molecule has 0 aliphatic carbocycles. The minimum Gasteiger partial charge on any atom is -0.497 e. The predicted molar refractivity (Wildman–Crippen MR) is 71.7 cm³/mol. The molecule has 0 aliphatic heterocycles. The lowest BCUT2D eigenvalue weighted by Crippen LogP contribution is -2.32. The molecule has 0 fully saturated rings. The summed E-state index contributed by atoms with van der Waals surface area (Å²) in [5.74, 6) is 0.905. The molecule has 92 valence electrons. The van der Waals surface area contributed by atoms with E-state index in [0.717, 1.165) is 5.75 Å². The van der Waals surface area contributed by atoms with Gasteiger partial charge < -0.3 is 15.0 Å². The highest BCUT2D eigenvalue weighted by Gasteiger charge is 2.22. The number of hydrogen-bond donors (Lipinski definition) is 2. The van der Waals surface area contributed by atoms with Crippen molar-refractivity contribution < 1.29 is 4.74 Å². The van der Waals surface area contributed by atoms with Gasteiger partial charge in [0.15, 0.2) is 0 Å². The average Bonchev–Trinajstić information content (AvgIpc) is 2.73. The zero-order valence-corrected chi connectivity index (χ0v) is 11.1. The average molecular weight is 232 g/mol. The van der Waals surface area contributed by atoms with Crippen LogP contribution in [0.5, 0.6) is 5.75 Å². The van der Waals surface area contributed by atoms with Crippen LogP contribution in [0.25, 0.3) is 10.9 Å². The lowest BCUT2D eigenvalue weighted by molar-refractivity contribution is 0.415. The molecule has 3 nitrogen and oxygen atoms in total. The first-order chi connectivity index (χ1) is 7.99. The number of fused-ring (bicyclic) bond motifs is 1. The fourth-order valence-electron chi connectivity index (χ4n) is 2.15. The summed E-state index contributed by atoms with van der Waals surface area (Å²) in [6.07, 6.45) is 2.08. The number of H-pyrrole nitrogens is 1. The van der Waals surface area contributed by atoms with Gasteiger partial charge >= 0.3 is 0 Å². The fourth-order valence-corrected chi connectivity index (χ4v) is 2.15. The Morgan fingerprint density at radius 2 is 2.00 bits per heavy atom. The topological polar surface area (TPSA) is 37.0 Å². The SMILES string of the molecule is CNC(C)(C)c1c[nH]c2c(C)cc(OC)cc12. The molecular weight excluding hydrogens is 212 g/mol. The van der Waals surface area contributed by atoms with Crippen molar-refractivity contribution in [2.45, 2.75) is 26.3 Å². The molecule has 2 N–H and O–H groups in total. The number of aryl methyl sites for hydroxylation is 1. The lowest BCUT2D eigenvalue weighted by Gasteiger charge is -2.23. The quantitative estimate of drug-likeness (QED) is 0.853. The zero-order chi connectivity index (χ0) is 12.6. The molecule has 0 amide bonds. The van der Waals surface area contributed by atoms with E-state index in [1.165, 1.54) is 22.0 Å². The second kappa shape index (κ2) is 4.08. The number of aromatic nitrogens is 1. The predicted octanol–water partition coefficient (Wildman–Crippen LogP) is 2.94. The van der Waals surface area contributed by atoms with Gasteiger partial charge in [-0.05, 0) is 51.1 Å². The molecule has 0 saturated carbocycles. The van der Waals surface area contributed by atoms with E-state index in [9.17, 15) is 0 Å². The molecule has 17 heavy (non-hydrogen) atoms. The molecule has 1 aromatic heterocycles. The molecule has 0 spiro atoms. The van der Waals surface area contributed by atoms with Crippen molar-refractivity contribution in [2.24, 2.45) is 0 Å². The second-order valence-corrected chi connectivity index (χ2v) is 4.94. The van der Waals surface area contributed by atoms with Crippen LogP contribution in [0.2, 0.25) is 0 Å². The summed E-state index contributed by atoms with van der Waals surface area (Å²) in [4.78, 5) is 3.35. The van der Waals surface area contributed by atoms with Crippen LogP contribution in [0, 0.1) is 6.92 Å². The fraction of sp³-hybridized carbons (Fsp3) is 0.429. The van der Waals surface area contributed by atoms with E-state index in [-0.39, 0.29) is 5.54 Å². The van der Waals surface area contributed by atoms with Crippen LogP contribution < -0.4 is 10.1 Å². The third-order valence-corrected chi connectivity index (χ3v) is 3.49. The van der Waals surface area contributed by atoms with E-state index in [1.54, 1.807) is 7.11 Å². The molecule has 0 saturated heterocycles. The summed E-state index contributed by atoms with van der Waals surface area (Å²) in [5.41, 5.74) is 3.59. The molecular formula is C14H20N2O. The summed E-state index contributed by atoms with van der Waals surface area (Å²) in [6.45, 7) is 6.44. The Balaban J connectivity index is 2.71. The third kappa shape index (κ3) is 1.91. The van der Waals surface area contributed by atoms with Gasteiger partial charge in [-0.15, -0.1) is 0 Å². The van der Waals surface area contributed by atoms with E-state index < -0.39 is 0 Å². The third-order valence-electron chi connectivity index (χ3n) is 3.49. The number of benzene rings is 1. The van der Waals surface area contributed by atoms with Gasteiger partial charge in [0.1, 0.15) is 5.75 Å². The van der Waals surface area contributed by atoms with E-state index >= 15 is 0 Å². The van der Waals surface area contributed by atoms with Gasteiger partial charge in [-0.2, -0.15) is 0 Å². The van der Waals surface area contributed by atoms with Crippen LogP contribution in [-0.4, -0.2) is 19.1 Å². The Morgan fingerprint density at radius 3 is 2.59 bits per heavy atom. The zero-order valence-electron chi connectivity index (χ0n) is 11.1. The van der Waals surface area contributed by atoms with Gasteiger partial charge in [-0.1, -0.05) is 0 Å². The molecule has 0 unspecified atom stereocenters. The standard InChI is InChI=1S/C14H20N2O/c1-9-6-10(17-5)7-11-12(8-16-13(9)11)14(2,3)15-4/h6-8,15-16H,1-5H3. The maximum Gasteiger partial charge on any atom is 0.119 e. The molecule has 2 aromatic rings. The Hall–Kier alpha value is -1.48. The minimum absolute atomic E-state index is 0.0585. The molecule has 2 rings (SSSR count). The van der Waals surface area contributed by atoms with Crippen molar-refractivity contribution in [1.82, 2.24) is 10.3 Å². The number of hydrogen-bond acceptors (Lipinski definition) is 2. The minimum atomic E-state index is -0.0585. The molecule has 3 heteroatoms. The van der Waals surface area contributed by atoms with Crippen molar-refractivity contribution in [3.8, 4) is 5.75 Å². The molecule has 1 heterocycles. The van der Waals surface area contributed by atoms with E-state index in [0.29, 0.717) is 0 Å². The highest BCUT2D eigenvalue weighted by atomic mass is 16.5. The summed E-state index contributed by atoms with van der Waals surface area (Å²) in [7, 11) is 3.68. The van der Waals surface area contributed by atoms with Crippen LogP contribution >= 0.6 is 0 Å². The maximum atomic E-state index is 5.34. The van der Waals surface area contributed by atoms with Gasteiger partial charge in [-0.25, -0.2) is 0 Å². The Labute approximate surface area is 102 Å². The van der Waals surface area contributed by atoms with Gasteiger partial charge in [-0.3, -0.25) is 0 Å². The number of nitrogens with one attached hydrogen (secondary N) is 2. The second-order valence-electron chi connectivity index (χ2n) is 4.94. The number of aromatic amines is 1. The smallest absolute Gasteiger partial charge is 0.119 e. The highest BCUT2D eigenvalue weighted by molar-refractivity contribution is 5.88. The maximum absolute atomic E-state index is 5.34. The molecule has 1 aromatic carbocycles. The summed E-state index contributed by atoms with van der Waals surface area (Å²) >= 11 is 0. The molecule has 0 atom stereocenters. The summed E-state index contributed by atoms with van der Waals surface area (Å²) < 4.78 is 5.34. The largest absolute Gasteiger partial charge is 0.497 e. The Kier molecular flexibility index (Phi) is 2.87. The van der Waals surface area contributed by atoms with Crippen LogP contribution in [0.3, 0.4) is 0 Å². The van der Waals surface area contributed by atoms with Crippen LogP contribution in [-0.2, 0) is 5.54 Å². The number of rotatable bonds is 3. The van der Waals surface area contributed by atoms with Gasteiger partial charge in [0.05, 0.1) is 7.11 Å². The van der Waals surface area contributed by atoms with E-state index in [2.05, 4.69) is 49.4 Å². The van der Waals surface area contributed by atoms with Crippen molar-refractivity contribution >= 4 is 10.9 Å². The summed E-state index contributed by atoms with van der Waals surface area (Å²) in [6, 6.07) is 4.14. The van der Waals surface area contributed by atoms with Gasteiger partial charge in [0.25, 0.3) is 0 Å². The highest BCUT2D eigenvalue weighted by Crippen LogP contribution is 2.32. The summed E-state index contributed by atoms with van der Waals surface area (Å²) in [5, 5.41) is 4.56. The Bertz CT molecular complexity index is 540. The Morgan fingerprint density at radius 1 is 1.29 bits per heavy atom. The first-order valence-corrected chi connectivity index (χ1v) is 5.84. The van der Waals surface area contributed by atoms with E-state index in [1.807, 2.05) is 7.05 Å². The number of ether oxygens (including phenoxy) is 1. The first-order valence-electron chi connectivity index (χ1n) is 5.84. The first kappa shape index (κ1) is 12.0. The van der Waals surface area contributed by atoms with Crippen molar-refractivity contribution in [2.75, 3.05) is 14.2 Å². The van der Waals surface area contributed by atoms with Crippen molar-refractivity contribution in [3.63, 3.8) is 0 Å². The monoisotopic (exact) mass is 232 g/mol. The molecule has 0 radical (unpaired) electrons. The normalized spacial score (nSPS) is 12.1. The number of methoxy groups -OCH3 is 1. The van der Waals surface area contributed by atoms with Crippen LogP contribution in [0.1, 0.15) is 25.0 Å². The van der Waals surface area contributed by atoms with Crippen molar-refractivity contribution in [1.29, 1.82) is 0 Å². The van der Waals surface area contributed by atoms with E-state index in [4.69, 9.17) is 4.74 Å². The van der Waals surface area contributed by atoms with Gasteiger partial charge in [0.2, 0.25) is 0 Å².